The first-order chi connectivity index (χ1) is 26.8. The van der Waals surface area contributed by atoms with Crippen molar-refractivity contribution < 1.29 is 0 Å². The molecule has 9 heterocycles. The molecule has 0 radical (unpaired) electrons. The maximum atomic E-state index is 5.37. The van der Waals surface area contributed by atoms with Crippen LogP contribution >= 0.6 is 0 Å². The van der Waals surface area contributed by atoms with E-state index in [-0.39, 0.29) is 0 Å². The predicted molar refractivity (Wildman–Crippen MR) is 205 cm³/mol. The molecule has 0 saturated heterocycles. The molecule has 1 aromatic carbocycles. The van der Waals surface area contributed by atoms with Gasteiger partial charge in [0.1, 0.15) is 33.1 Å². The first-order valence-electron chi connectivity index (χ1n) is 17.0. The zero-order valence-corrected chi connectivity index (χ0v) is 28.2. The third-order valence-corrected chi connectivity index (χ3v) is 8.97. The summed E-state index contributed by atoms with van der Waals surface area (Å²) in [5.74, 6) is 0. The molecular weight excluding hydrogens is 673 g/mol. The second kappa shape index (κ2) is 13.0. The van der Waals surface area contributed by atoms with Crippen LogP contribution in [0.2, 0.25) is 0 Å². The highest BCUT2D eigenvalue weighted by molar-refractivity contribution is 6.20. The molecule has 12 heteroatoms. The van der Waals surface area contributed by atoms with Gasteiger partial charge in [0.05, 0.1) is 34.2 Å². The van der Waals surface area contributed by atoms with Gasteiger partial charge < -0.3 is 0 Å². The van der Waals surface area contributed by atoms with Gasteiger partial charge in [-0.1, -0.05) is 0 Å². The Kier molecular flexibility index (Phi) is 7.46. The molecule has 0 aliphatic rings. The molecule has 0 fully saturated rings. The van der Waals surface area contributed by atoms with E-state index in [1.807, 2.05) is 72.8 Å². The molecule has 0 unspecified atom stereocenters. The number of benzene rings is 1. The van der Waals surface area contributed by atoms with Crippen LogP contribution in [-0.2, 0) is 0 Å². The van der Waals surface area contributed by atoms with Crippen LogP contribution in [0, 0.1) is 0 Å². The van der Waals surface area contributed by atoms with Gasteiger partial charge in [0.2, 0.25) is 0 Å². The number of aromatic nitrogens is 12. The lowest BCUT2D eigenvalue weighted by Crippen LogP contribution is -2.05. The molecule has 10 rings (SSSR count). The largest absolute Gasteiger partial charge is 0.264 e. The Labute approximate surface area is 306 Å². The van der Waals surface area contributed by atoms with Gasteiger partial charge in [-0.05, 0) is 72.8 Å². The molecular formula is C42H24N12. The third kappa shape index (κ3) is 5.33. The van der Waals surface area contributed by atoms with E-state index in [1.54, 1.807) is 74.4 Å². The van der Waals surface area contributed by atoms with Crippen molar-refractivity contribution >= 4 is 33.1 Å². The Balaban J connectivity index is 1.42. The highest BCUT2D eigenvalue weighted by Gasteiger charge is 2.25. The van der Waals surface area contributed by atoms with Crippen molar-refractivity contribution in [3.05, 3.63) is 147 Å². The average molecular weight is 697 g/mol. The fraction of sp³-hybridized carbons (Fsp3) is 0. The van der Waals surface area contributed by atoms with E-state index >= 15 is 0 Å². The lowest BCUT2D eigenvalue weighted by Gasteiger charge is -2.17. The van der Waals surface area contributed by atoms with Crippen LogP contribution in [0.3, 0.4) is 0 Å². The average Bonchev–Trinajstić information content (AvgIpc) is 3.27. The minimum atomic E-state index is 0.500. The lowest BCUT2D eigenvalue weighted by atomic mass is 10.0. The molecule has 0 atom stereocenters. The maximum absolute atomic E-state index is 5.37. The molecule has 10 aromatic rings. The van der Waals surface area contributed by atoms with Crippen LogP contribution in [0.15, 0.2) is 147 Å². The normalized spacial score (nSPS) is 11.3. The molecule has 0 aliphatic heterocycles. The van der Waals surface area contributed by atoms with E-state index in [0.717, 1.165) is 33.4 Å². The second-order valence-electron chi connectivity index (χ2n) is 12.3. The number of hydrogen-bond donors (Lipinski definition) is 0. The van der Waals surface area contributed by atoms with Crippen molar-refractivity contribution in [3.8, 4) is 67.5 Å². The molecule has 0 bridgehead atoms. The summed E-state index contributed by atoms with van der Waals surface area (Å²) < 4.78 is 0. The monoisotopic (exact) mass is 696 g/mol. The van der Waals surface area contributed by atoms with Crippen LogP contribution in [0.25, 0.3) is 101 Å². The Bertz CT molecular complexity index is 2400. The van der Waals surface area contributed by atoms with Gasteiger partial charge in [0.15, 0.2) is 0 Å². The van der Waals surface area contributed by atoms with Gasteiger partial charge in [-0.2, -0.15) is 0 Å². The Morgan fingerprint density at radius 2 is 0.389 bits per heavy atom. The van der Waals surface area contributed by atoms with Crippen molar-refractivity contribution in [2.45, 2.75) is 0 Å². The summed E-state index contributed by atoms with van der Waals surface area (Å²) >= 11 is 0. The summed E-state index contributed by atoms with van der Waals surface area (Å²) in [5, 5.41) is 0. The Morgan fingerprint density at radius 3 is 0.519 bits per heavy atom. The van der Waals surface area contributed by atoms with E-state index in [4.69, 9.17) is 29.9 Å². The fourth-order valence-corrected chi connectivity index (χ4v) is 6.52. The molecule has 54 heavy (non-hydrogen) atoms. The van der Waals surface area contributed by atoms with Gasteiger partial charge in [-0.25, -0.2) is 29.9 Å². The van der Waals surface area contributed by atoms with Crippen molar-refractivity contribution in [2.75, 3.05) is 0 Å². The molecule has 12 nitrogen and oxygen atoms in total. The van der Waals surface area contributed by atoms with Crippen LogP contribution in [0.5, 0.6) is 0 Å². The first kappa shape index (κ1) is 30.9. The minimum Gasteiger partial charge on any atom is -0.264 e. The number of fused-ring (bicyclic) bond motifs is 6. The summed E-state index contributed by atoms with van der Waals surface area (Å²) in [6.07, 6.45) is 21.0. The molecule has 0 spiro atoms. The second-order valence-corrected chi connectivity index (χ2v) is 12.3. The SMILES string of the molecule is c1cncc(-c2nc3c4nc(-c5cccnc5)c(-c5cccnc5)nc4c4nc(-c5cccnc5)c(-c5cccnc5)nc4c3nc2-c2cccnc2)c1. The van der Waals surface area contributed by atoms with Crippen molar-refractivity contribution in [3.63, 3.8) is 0 Å². The standard InChI is InChI=1S/C42H24N12/c1-7-25(19-43-13-1)31-32(26-8-2-14-44-20-26)50-38-37(49-31)39-41(53-34(28-10-4-16-46-22-28)33(51-39)27-9-3-15-45-21-27)42-40(38)52-35(29-11-5-17-47-23-29)36(54-42)30-12-6-18-48-24-30/h1-24H. The highest BCUT2D eigenvalue weighted by atomic mass is 15.0. The zero-order chi connectivity index (χ0) is 35.8. The van der Waals surface area contributed by atoms with Crippen molar-refractivity contribution in [2.24, 2.45) is 0 Å². The van der Waals surface area contributed by atoms with E-state index in [0.29, 0.717) is 67.3 Å². The molecule has 0 amide bonds. The van der Waals surface area contributed by atoms with Gasteiger partial charge in [-0.15, -0.1) is 0 Å². The summed E-state index contributed by atoms with van der Waals surface area (Å²) in [5.41, 5.74) is 11.3. The van der Waals surface area contributed by atoms with Gasteiger partial charge in [-0.3, -0.25) is 29.9 Å². The number of hydrogen-bond acceptors (Lipinski definition) is 12. The zero-order valence-electron chi connectivity index (χ0n) is 28.2. The van der Waals surface area contributed by atoms with E-state index in [1.165, 1.54) is 0 Å². The molecule has 9 aromatic heterocycles. The third-order valence-electron chi connectivity index (χ3n) is 8.97. The topological polar surface area (TPSA) is 155 Å². The fourth-order valence-electron chi connectivity index (χ4n) is 6.52. The van der Waals surface area contributed by atoms with Crippen molar-refractivity contribution in [1.82, 2.24) is 59.8 Å². The molecule has 0 aliphatic carbocycles. The lowest BCUT2D eigenvalue weighted by molar-refractivity contribution is 1.21. The molecule has 0 saturated carbocycles. The van der Waals surface area contributed by atoms with E-state index in [9.17, 15) is 0 Å². The summed E-state index contributed by atoms with van der Waals surface area (Å²) in [7, 11) is 0. The summed E-state index contributed by atoms with van der Waals surface area (Å²) in [6.45, 7) is 0. The smallest absolute Gasteiger partial charge is 0.120 e. The Hall–Kier alpha value is -7.86. The highest BCUT2D eigenvalue weighted by Crippen LogP contribution is 2.40. The van der Waals surface area contributed by atoms with E-state index in [2.05, 4.69) is 29.9 Å². The van der Waals surface area contributed by atoms with Crippen LogP contribution in [0.1, 0.15) is 0 Å². The first-order valence-corrected chi connectivity index (χ1v) is 17.0. The van der Waals surface area contributed by atoms with Gasteiger partial charge in [0, 0.05) is 108 Å². The number of pyridine rings is 6. The molecule has 0 N–H and O–H groups in total. The summed E-state index contributed by atoms with van der Waals surface area (Å²) in [6, 6.07) is 23.0. The number of nitrogens with zero attached hydrogens (tertiary/aromatic N) is 12. The maximum Gasteiger partial charge on any atom is 0.120 e. The minimum absolute atomic E-state index is 0.500. The van der Waals surface area contributed by atoms with Gasteiger partial charge >= 0.3 is 0 Å². The van der Waals surface area contributed by atoms with Crippen LogP contribution in [0.4, 0.5) is 0 Å². The van der Waals surface area contributed by atoms with Crippen LogP contribution in [-0.4, -0.2) is 59.8 Å². The predicted octanol–water partition coefficient (Wildman–Crippen LogP) is 7.89. The number of rotatable bonds is 6. The van der Waals surface area contributed by atoms with Gasteiger partial charge in [0.25, 0.3) is 0 Å². The van der Waals surface area contributed by atoms with Crippen molar-refractivity contribution in [1.29, 1.82) is 0 Å². The van der Waals surface area contributed by atoms with E-state index < -0.39 is 0 Å². The molecule has 252 valence electrons. The Morgan fingerprint density at radius 1 is 0.222 bits per heavy atom. The van der Waals surface area contributed by atoms with Crippen LogP contribution < -0.4 is 0 Å². The quantitative estimate of drug-likeness (QED) is 0.155. The summed E-state index contributed by atoms with van der Waals surface area (Å²) in [4.78, 5) is 58.7.